The lowest BCUT2D eigenvalue weighted by Crippen LogP contribution is -2.17. The summed E-state index contributed by atoms with van der Waals surface area (Å²) in [5.41, 5.74) is 8.86. The van der Waals surface area contributed by atoms with Gasteiger partial charge in [-0.05, 0) is 43.5 Å². The molecule has 0 saturated heterocycles. The fourth-order valence-corrected chi connectivity index (χ4v) is 2.67. The average molecular weight is 308 g/mol. The number of nitrogen functional groups attached to an aromatic ring is 1. The van der Waals surface area contributed by atoms with Crippen LogP contribution >= 0.6 is 15.9 Å². The number of aryl methyl sites for hydroxylation is 1. The van der Waals surface area contributed by atoms with Gasteiger partial charge in [-0.15, -0.1) is 0 Å². The van der Waals surface area contributed by atoms with E-state index in [0.29, 0.717) is 11.6 Å². The molecule has 1 fully saturated rings. The highest BCUT2D eigenvalue weighted by Gasteiger charge is 2.29. The van der Waals surface area contributed by atoms with Gasteiger partial charge in [0.2, 0.25) is 0 Å². The second-order valence-electron chi connectivity index (χ2n) is 4.78. The predicted octanol–water partition coefficient (Wildman–Crippen LogP) is 2.70. The van der Waals surface area contributed by atoms with Crippen LogP contribution in [-0.2, 0) is 0 Å². The molecule has 1 aliphatic carbocycles. The van der Waals surface area contributed by atoms with Crippen molar-refractivity contribution >= 4 is 21.6 Å². The van der Waals surface area contributed by atoms with Gasteiger partial charge in [-0.1, -0.05) is 15.9 Å². The largest absolute Gasteiger partial charge is 0.393 e. The normalized spacial score (nSPS) is 15.0. The molecule has 1 aromatic carbocycles. The van der Waals surface area contributed by atoms with Crippen LogP contribution in [0.3, 0.4) is 0 Å². The van der Waals surface area contributed by atoms with E-state index in [1.165, 1.54) is 0 Å². The first-order valence-electron chi connectivity index (χ1n) is 5.95. The number of aromatic amines is 1. The summed E-state index contributed by atoms with van der Waals surface area (Å²) in [6, 6.07) is 5.81. The van der Waals surface area contributed by atoms with E-state index in [0.717, 1.165) is 34.3 Å². The molecule has 94 valence electrons. The molecular weight excluding hydrogens is 294 g/mol. The van der Waals surface area contributed by atoms with Gasteiger partial charge in [-0.3, -0.25) is 9.89 Å². The number of benzene rings is 1. The van der Waals surface area contributed by atoms with E-state index in [9.17, 15) is 4.79 Å². The lowest BCUT2D eigenvalue weighted by atomic mass is 10.2. The van der Waals surface area contributed by atoms with Crippen molar-refractivity contribution in [2.75, 3.05) is 5.73 Å². The van der Waals surface area contributed by atoms with Gasteiger partial charge in [0, 0.05) is 10.4 Å². The van der Waals surface area contributed by atoms with Gasteiger partial charge in [-0.2, -0.15) is 0 Å². The number of aromatic nitrogens is 2. The summed E-state index contributed by atoms with van der Waals surface area (Å²) < 4.78 is 2.55. The fraction of sp³-hybridized carbons (Fsp3) is 0.308. The van der Waals surface area contributed by atoms with E-state index in [-0.39, 0.29) is 5.56 Å². The van der Waals surface area contributed by atoms with E-state index >= 15 is 0 Å². The van der Waals surface area contributed by atoms with Crippen LogP contribution in [-0.4, -0.2) is 9.78 Å². The van der Waals surface area contributed by atoms with Crippen LogP contribution in [0, 0.1) is 6.92 Å². The van der Waals surface area contributed by atoms with Crippen molar-refractivity contribution in [3.05, 3.63) is 44.3 Å². The quantitative estimate of drug-likeness (QED) is 0.896. The van der Waals surface area contributed by atoms with Crippen molar-refractivity contribution in [3.8, 4) is 5.69 Å². The number of rotatable bonds is 2. The lowest BCUT2D eigenvalue weighted by Gasteiger charge is -2.06. The maximum absolute atomic E-state index is 12.2. The smallest absolute Gasteiger partial charge is 0.294 e. The third-order valence-electron chi connectivity index (χ3n) is 3.34. The lowest BCUT2D eigenvalue weighted by molar-refractivity contribution is 0.810. The molecule has 0 amide bonds. The molecule has 0 unspecified atom stereocenters. The zero-order chi connectivity index (χ0) is 12.9. The molecule has 3 rings (SSSR count). The number of halogens is 1. The van der Waals surface area contributed by atoms with Gasteiger partial charge in [0.05, 0.1) is 11.4 Å². The maximum Gasteiger partial charge on any atom is 0.294 e. The molecule has 18 heavy (non-hydrogen) atoms. The topological polar surface area (TPSA) is 63.8 Å². The number of nitrogens with two attached hydrogens (primary N) is 1. The second-order valence-corrected chi connectivity index (χ2v) is 5.70. The zero-order valence-electron chi connectivity index (χ0n) is 10.0. The van der Waals surface area contributed by atoms with Gasteiger partial charge in [0.15, 0.2) is 0 Å². The van der Waals surface area contributed by atoms with Crippen molar-refractivity contribution in [1.29, 1.82) is 0 Å². The number of nitrogens with zero attached hydrogens (tertiary/aromatic N) is 1. The fourth-order valence-electron chi connectivity index (χ4n) is 2.19. The van der Waals surface area contributed by atoms with E-state index in [2.05, 4.69) is 21.0 Å². The van der Waals surface area contributed by atoms with Crippen molar-refractivity contribution in [2.45, 2.75) is 25.7 Å². The Hall–Kier alpha value is -1.49. The van der Waals surface area contributed by atoms with E-state index < -0.39 is 0 Å². The summed E-state index contributed by atoms with van der Waals surface area (Å²) >= 11 is 3.42. The van der Waals surface area contributed by atoms with Gasteiger partial charge < -0.3 is 5.73 Å². The maximum atomic E-state index is 12.2. The molecule has 1 aliphatic rings. The summed E-state index contributed by atoms with van der Waals surface area (Å²) in [5, 5.41) is 3.15. The summed E-state index contributed by atoms with van der Waals surface area (Å²) in [4.78, 5) is 12.2. The van der Waals surface area contributed by atoms with Crippen LogP contribution in [0.1, 0.15) is 30.0 Å². The molecule has 2 aromatic rings. The molecule has 0 spiro atoms. The molecule has 1 saturated carbocycles. The van der Waals surface area contributed by atoms with Crippen LogP contribution in [0.25, 0.3) is 5.69 Å². The standard InChI is InChI=1S/C13H14BrN3O/c1-7-6-9(14)4-5-10(7)17-13(18)11(15)12(16-17)8-2-3-8/h4-6,8,16H,2-3,15H2,1H3. The van der Waals surface area contributed by atoms with E-state index in [1.54, 1.807) is 4.68 Å². The molecule has 0 aliphatic heterocycles. The number of anilines is 1. The second kappa shape index (κ2) is 4.02. The summed E-state index contributed by atoms with van der Waals surface area (Å²) in [5.74, 6) is 0.440. The zero-order valence-corrected chi connectivity index (χ0v) is 11.6. The molecule has 3 N–H and O–H groups in total. The Morgan fingerprint density at radius 2 is 2.17 bits per heavy atom. The van der Waals surface area contributed by atoms with Crippen molar-refractivity contribution in [2.24, 2.45) is 0 Å². The molecule has 0 radical (unpaired) electrons. The highest BCUT2D eigenvalue weighted by atomic mass is 79.9. The molecular formula is C13H14BrN3O. The number of hydrogen-bond acceptors (Lipinski definition) is 2. The van der Waals surface area contributed by atoms with Crippen molar-refractivity contribution in [1.82, 2.24) is 9.78 Å². The van der Waals surface area contributed by atoms with Crippen LogP contribution in [0.4, 0.5) is 5.69 Å². The minimum Gasteiger partial charge on any atom is -0.393 e. The predicted molar refractivity (Wildman–Crippen MR) is 75.2 cm³/mol. The first-order valence-corrected chi connectivity index (χ1v) is 6.74. The third kappa shape index (κ3) is 1.79. The number of nitrogens with one attached hydrogen (secondary N) is 1. The molecule has 4 nitrogen and oxygen atoms in total. The summed E-state index contributed by atoms with van der Waals surface area (Å²) in [6.07, 6.45) is 2.23. The summed E-state index contributed by atoms with van der Waals surface area (Å²) in [6.45, 7) is 1.97. The summed E-state index contributed by atoms with van der Waals surface area (Å²) in [7, 11) is 0. The Balaban J connectivity index is 2.17. The average Bonchev–Trinajstić information content (AvgIpc) is 3.11. The third-order valence-corrected chi connectivity index (χ3v) is 3.83. The Labute approximate surface area is 113 Å². The van der Waals surface area contributed by atoms with Crippen molar-refractivity contribution in [3.63, 3.8) is 0 Å². The molecule has 0 bridgehead atoms. The Morgan fingerprint density at radius 1 is 1.44 bits per heavy atom. The molecule has 5 heteroatoms. The Morgan fingerprint density at radius 3 is 2.78 bits per heavy atom. The van der Waals surface area contributed by atoms with Gasteiger partial charge >= 0.3 is 0 Å². The highest BCUT2D eigenvalue weighted by Crippen LogP contribution is 2.40. The molecule has 0 atom stereocenters. The number of H-pyrrole nitrogens is 1. The molecule has 1 aromatic heterocycles. The van der Waals surface area contributed by atoms with Crippen LogP contribution in [0.15, 0.2) is 27.5 Å². The first kappa shape index (κ1) is 11.6. The highest BCUT2D eigenvalue weighted by molar-refractivity contribution is 9.10. The van der Waals surface area contributed by atoms with E-state index in [1.807, 2.05) is 25.1 Å². The number of hydrogen-bond donors (Lipinski definition) is 2. The van der Waals surface area contributed by atoms with Gasteiger partial charge in [0.1, 0.15) is 5.69 Å². The van der Waals surface area contributed by atoms with Gasteiger partial charge in [0.25, 0.3) is 5.56 Å². The van der Waals surface area contributed by atoms with Crippen LogP contribution in [0.2, 0.25) is 0 Å². The Kier molecular flexibility index (Phi) is 2.59. The van der Waals surface area contributed by atoms with E-state index in [4.69, 9.17) is 5.73 Å². The minimum atomic E-state index is -0.151. The SMILES string of the molecule is Cc1cc(Br)ccc1-n1[nH]c(C2CC2)c(N)c1=O. The monoisotopic (exact) mass is 307 g/mol. The first-order chi connectivity index (χ1) is 8.58. The van der Waals surface area contributed by atoms with Gasteiger partial charge in [-0.25, -0.2) is 4.68 Å². The minimum absolute atomic E-state index is 0.151. The van der Waals surface area contributed by atoms with Crippen molar-refractivity contribution < 1.29 is 0 Å². The van der Waals surface area contributed by atoms with Crippen LogP contribution < -0.4 is 11.3 Å². The Bertz CT molecular complexity index is 667. The van der Waals surface area contributed by atoms with Crippen LogP contribution in [0.5, 0.6) is 0 Å². The molecule has 1 heterocycles.